The van der Waals surface area contributed by atoms with Crippen LogP contribution in [0.15, 0.2) is 30.6 Å². The van der Waals surface area contributed by atoms with Crippen molar-refractivity contribution < 1.29 is 8.78 Å². The van der Waals surface area contributed by atoms with Gasteiger partial charge in [-0.25, -0.2) is 13.5 Å². The highest BCUT2D eigenvalue weighted by atomic mass is 35.5. The van der Waals surface area contributed by atoms with E-state index in [9.17, 15) is 8.78 Å². The van der Waals surface area contributed by atoms with Gasteiger partial charge >= 0.3 is 0 Å². The molecule has 11 heteroatoms. The number of fused-ring (bicyclic) bond motifs is 1. The third-order valence-electron chi connectivity index (χ3n) is 5.90. The molecule has 0 unspecified atom stereocenters. The van der Waals surface area contributed by atoms with Crippen molar-refractivity contribution in [2.24, 2.45) is 0 Å². The van der Waals surface area contributed by atoms with E-state index in [2.05, 4.69) is 63.7 Å². The lowest BCUT2D eigenvalue weighted by Gasteiger charge is -2.46. The van der Waals surface area contributed by atoms with Crippen LogP contribution in [0.4, 0.5) is 8.78 Å². The highest BCUT2D eigenvalue weighted by Crippen LogP contribution is 2.37. The number of hydrogen-bond donors (Lipinski definition) is 2. The fourth-order valence-corrected chi connectivity index (χ4v) is 4.94. The Labute approximate surface area is 195 Å². The molecule has 2 N–H and O–H groups in total. The second-order valence-corrected chi connectivity index (χ2v) is 9.70. The summed E-state index contributed by atoms with van der Waals surface area (Å²) in [5, 5.41) is 27.1. The average Bonchev–Trinajstić information content (AvgIpc) is 3.37. The molecule has 1 aromatic carbocycles. The monoisotopic (exact) mass is 474 g/mol. The lowest BCUT2D eigenvalue weighted by Crippen LogP contribution is -2.58. The van der Waals surface area contributed by atoms with Crippen molar-refractivity contribution in [2.75, 3.05) is 0 Å². The number of benzene rings is 1. The third kappa shape index (κ3) is 4.20. The summed E-state index contributed by atoms with van der Waals surface area (Å²) in [6, 6.07) is 4.67. The quantitative estimate of drug-likeness (QED) is 0.455. The third-order valence-corrected chi connectivity index (χ3v) is 5.90. The second-order valence-electron chi connectivity index (χ2n) is 9.70. The molecule has 0 spiro atoms. The van der Waals surface area contributed by atoms with Crippen LogP contribution >= 0.6 is 12.4 Å². The van der Waals surface area contributed by atoms with Crippen LogP contribution in [-0.2, 0) is 0 Å². The number of rotatable bonds is 3. The van der Waals surface area contributed by atoms with E-state index in [1.54, 1.807) is 10.7 Å². The summed E-state index contributed by atoms with van der Waals surface area (Å²) in [5.41, 5.74) is 1.67. The molecule has 1 fully saturated rings. The van der Waals surface area contributed by atoms with Gasteiger partial charge in [0.25, 0.3) is 0 Å². The molecule has 0 bridgehead atoms. The fourth-order valence-electron chi connectivity index (χ4n) is 4.94. The number of halogens is 3. The van der Waals surface area contributed by atoms with Gasteiger partial charge in [-0.2, -0.15) is 5.10 Å². The molecule has 8 nitrogen and oxygen atoms in total. The molecule has 0 saturated carbocycles. The molecule has 33 heavy (non-hydrogen) atoms. The summed E-state index contributed by atoms with van der Waals surface area (Å²) < 4.78 is 31.4. The predicted octanol–water partition coefficient (Wildman–Crippen LogP) is 4.46. The molecule has 1 aliphatic rings. The molecule has 0 amide bonds. The van der Waals surface area contributed by atoms with Gasteiger partial charge in [0.15, 0.2) is 11.6 Å². The lowest BCUT2D eigenvalue weighted by atomic mass is 9.80. The molecule has 0 aliphatic carbocycles. The molecule has 174 valence electrons. The summed E-state index contributed by atoms with van der Waals surface area (Å²) in [5.74, 6) is -1.96. The number of hydrogen-bond acceptors (Lipinski definition) is 6. The summed E-state index contributed by atoms with van der Waals surface area (Å²) in [6.07, 6.45) is 4.65. The topological polar surface area (TPSA) is 97.2 Å². The minimum absolute atomic E-state index is 0. The van der Waals surface area contributed by atoms with Crippen LogP contribution in [0.5, 0.6) is 0 Å². The highest BCUT2D eigenvalue weighted by Gasteiger charge is 2.39. The molecule has 3 aromatic heterocycles. The zero-order valence-electron chi connectivity index (χ0n) is 18.7. The van der Waals surface area contributed by atoms with E-state index in [0.29, 0.717) is 16.7 Å². The molecule has 4 heterocycles. The second kappa shape index (κ2) is 8.11. The van der Waals surface area contributed by atoms with E-state index in [4.69, 9.17) is 0 Å². The maximum atomic E-state index is 14.9. The first-order chi connectivity index (χ1) is 15.1. The molecule has 5 rings (SSSR count). The normalized spacial score (nSPS) is 17.8. The van der Waals surface area contributed by atoms with Gasteiger partial charge < -0.3 is 5.32 Å². The number of nitrogens with one attached hydrogen (secondary N) is 2. The highest BCUT2D eigenvalue weighted by molar-refractivity contribution is 5.85. The zero-order chi connectivity index (χ0) is 22.7. The van der Waals surface area contributed by atoms with Crippen molar-refractivity contribution in [1.82, 2.24) is 40.7 Å². The van der Waals surface area contributed by atoms with Gasteiger partial charge in [-0.15, -0.1) is 27.7 Å². The molecule has 1 aliphatic heterocycles. The van der Waals surface area contributed by atoms with Gasteiger partial charge in [0.05, 0.1) is 17.9 Å². The Morgan fingerprint density at radius 1 is 0.970 bits per heavy atom. The van der Waals surface area contributed by atoms with Crippen LogP contribution in [-0.4, -0.2) is 46.5 Å². The molecular weight excluding hydrogens is 450 g/mol. The minimum atomic E-state index is -0.994. The number of aromatic amines is 1. The Bertz CT molecular complexity index is 1280. The van der Waals surface area contributed by atoms with Crippen LogP contribution in [0.1, 0.15) is 46.6 Å². The SMILES string of the molecule is CC1(C)CC(n2nnc3cc(-c4ccc(-c5cn[nH]c5)c(F)c4F)nnc32)CC(C)(C)N1.Cl. The largest absolute Gasteiger partial charge is 0.307 e. The minimum Gasteiger partial charge on any atom is -0.307 e. The first-order valence-corrected chi connectivity index (χ1v) is 10.5. The smallest absolute Gasteiger partial charge is 0.201 e. The first-order valence-electron chi connectivity index (χ1n) is 10.5. The zero-order valence-corrected chi connectivity index (χ0v) is 19.5. The Kier molecular flexibility index (Phi) is 5.69. The van der Waals surface area contributed by atoms with Crippen molar-refractivity contribution in [3.05, 3.63) is 42.2 Å². The Morgan fingerprint density at radius 2 is 1.64 bits per heavy atom. The van der Waals surface area contributed by atoms with Crippen molar-refractivity contribution >= 4 is 23.6 Å². The number of H-pyrrole nitrogens is 1. The summed E-state index contributed by atoms with van der Waals surface area (Å²) in [7, 11) is 0. The van der Waals surface area contributed by atoms with Crippen LogP contribution in [0.3, 0.4) is 0 Å². The van der Waals surface area contributed by atoms with Gasteiger partial charge in [0.1, 0.15) is 5.52 Å². The molecular formula is C22H25ClF2N8. The van der Waals surface area contributed by atoms with Crippen LogP contribution in [0, 0.1) is 11.6 Å². The summed E-state index contributed by atoms with van der Waals surface area (Å²) in [6.45, 7) is 8.64. The molecule has 0 atom stereocenters. The fraction of sp³-hybridized carbons (Fsp3) is 0.409. The Hall–Kier alpha value is -2.98. The van der Waals surface area contributed by atoms with Gasteiger partial charge in [-0.05, 0) is 52.7 Å². The van der Waals surface area contributed by atoms with Gasteiger partial charge in [-0.3, -0.25) is 5.10 Å². The standard InChI is InChI=1S/C22H24F2N8.ClH/c1-21(2)8-13(9-22(3,4)30-21)32-20-17(28-31-32)7-16(27-29-20)15-6-5-14(18(23)19(15)24)12-10-25-26-11-12;/h5-7,10-11,13,30H,8-9H2,1-4H3,(H,25,26);1H. The number of piperidine rings is 1. The maximum absolute atomic E-state index is 14.9. The van der Waals surface area contributed by atoms with Gasteiger partial charge in [0, 0.05) is 34.0 Å². The van der Waals surface area contributed by atoms with Gasteiger partial charge in [-0.1, -0.05) is 11.3 Å². The molecule has 0 radical (unpaired) electrons. The molecule has 4 aromatic rings. The average molecular weight is 475 g/mol. The van der Waals surface area contributed by atoms with Gasteiger partial charge in [0.2, 0.25) is 5.65 Å². The van der Waals surface area contributed by atoms with Crippen molar-refractivity contribution in [3.8, 4) is 22.4 Å². The van der Waals surface area contributed by atoms with Crippen molar-refractivity contribution in [2.45, 2.75) is 57.7 Å². The lowest BCUT2D eigenvalue weighted by molar-refractivity contribution is 0.127. The summed E-state index contributed by atoms with van der Waals surface area (Å²) >= 11 is 0. The van der Waals surface area contributed by atoms with E-state index >= 15 is 0 Å². The Balaban J connectivity index is 0.00000259. The van der Waals surface area contributed by atoms with E-state index in [0.717, 1.165) is 12.8 Å². The van der Waals surface area contributed by atoms with Crippen molar-refractivity contribution in [1.29, 1.82) is 0 Å². The number of nitrogens with zero attached hydrogens (tertiary/aromatic N) is 6. The van der Waals surface area contributed by atoms with E-state index in [-0.39, 0.29) is 46.3 Å². The predicted molar refractivity (Wildman–Crippen MR) is 123 cm³/mol. The Morgan fingerprint density at radius 3 is 2.30 bits per heavy atom. The maximum Gasteiger partial charge on any atom is 0.201 e. The van der Waals surface area contributed by atoms with E-state index < -0.39 is 11.6 Å². The van der Waals surface area contributed by atoms with E-state index in [1.165, 1.54) is 24.5 Å². The van der Waals surface area contributed by atoms with Crippen molar-refractivity contribution in [3.63, 3.8) is 0 Å². The van der Waals surface area contributed by atoms with Crippen LogP contribution in [0.2, 0.25) is 0 Å². The summed E-state index contributed by atoms with van der Waals surface area (Å²) in [4.78, 5) is 0. The van der Waals surface area contributed by atoms with E-state index in [1.807, 2.05) is 0 Å². The van der Waals surface area contributed by atoms with Crippen LogP contribution in [0.25, 0.3) is 33.5 Å². The number of aromatic nitrogens is 7. The first kappa shape index (κ1) is 23.2. The van der Waals surface area contributed by atoms with Crippen LogP contribution < -0.4 is 5.32 Å². The molecule has 1 saturated heterocycles.